The Hall–Kier alpha value is -1.05. The summed E-state index contributed by atoms with van der Waals surface area (Å²) in [4.78, 5) is 4.24. The SMILES string of the molecule is COc1ccc(C2C[CH]CCC2)cn1. The number of rotatable bonds is 2. The van der Waals surface area contributed by atoms with E-state index in [0.29, 0.717) is 11.8 Å². The molecule has 0 bridgehead atoms. The first-order valence-corrected chi connectivity index (χ1v) is 5.22. The molecular weight excluding hydrogens is 174 g/mol. The minimum atomic E-state index is 0.683. The first-order chi connectivity index (χ1) is 6.90. The molecule has 1 aliphatic rings. The Morgan fingerprint density at radius 3 is 2.93 bits per heavy atom. The smallest absolute Gasteiger partial charge is 0.212 e. The van der Waals surface area contributed by atoms with Gasteiger partial charge in [-0.2, -0.15) is 0 Å². The van der Waals surface area contributed by atoms with Gasteiger partial charge in [-0.3, -0.25) is 0 Å². The zero-order valence-electron chi connectivity index (χ0n) is 8.57. The Labute approximate surface area is 85.3 Å². The van der Waals surface area contributed by atoms with Gasteiger partial charge in [0.05, 0.1) is 7.11 Å². The highest BCUT2D eigenvalue weighted by atomic mass is 16.5. The molecule has 75 valence electrons. The molecule has 1 aliphatic carbocycles. The van der Waals surface area contributed by atoms with Crippen molar-refractivity contribution in [2.45, 2.75) is 31.6 Å². The standard InChI is InChI=1S/C12H16NO/c1-14-12-8-7-11(9-13-12)10-5-3-2-4-6-10/h3,7-10H,2,4-6H2,1H3. The van der Waals surface area contributed by atoms with Crippen LogP contribution < -0.4 is 4.74 Å². The average molecular weight is 190 g/mol. The number of ether oxygens (including phenoxy) is 1. The fourth-order valence-corrected chi connectivity index (χ4v) is 2.00. The molecule has 0 amide bonds. The van der Waals surface area contributed by atoms with Crippen molar-refractivity contribution < 1.29 is 4.74 Å². The second kappa shape index (κ2) is 4.45. The monoisotopic (exact) mass is 190 g/mol. The Balaban J connectivity index is 2.07. The van der Waals surface area contributed by atoms with E-state index in [-0.39, 0.29) is 0 Å². The Morgan fingerprint density at radius 1 is 1.43 bits per heavy atom. The van der Waals surface area contributed by atoms with Gasteiger partial charge in [0.25, 0.3) is 0 Å². The molecule has 0 saturated heterocycles. The summed E-state index contributed by atoms with van der Waals surface area (Å²) in [6.07, 6.45) is 9.43. The first kappa shape index (κ1) is 9.50. The maximum atomic E-state index is 5.04. The highest BCUT2D eigenvalue weighted by Crippen LogP contribution is 2.31. The molecular formula is C12H16NO. The predicted octanol–water partition coefficient (Wildman–Crippen LogP) is 2.95. The Bertz CT molecular complexity index is 275. The number of pyridine rings is 1. The van der Waals surface area contributed by atoms with Crippen molar-refractivity contribution in [3.05, 3.63) is 30.3 Å². The summed E-state index contributed by atoms with van der Waals surface area (Å²) in [6.45, 7) is 0. The zero-order chi connectivity index (χ0) is 9.80. The molecule has 0 aromatic carbocycles. The van der Waals surface area contributed by atoms with Gasteiger partial charge in [-0.05, 0) is 30.7 Å². The van der Waals surface area contributed by atoms with Crippen molar-refractivity contribution in [2.75, 3.05) is 7.11 Å². The van der Waals surface area contributed by atoms with E-state index in [1.165, 1.54) is 31.2 Å². The molecule has 0 N–H and O–H groups in total. The van der Waals surface area contributed by atoms with Gasteiger partial charge in [-0.1, -0.05) is 18.9 Å². The summed E-state index contributed by atoms with van der Waals surface area (Å²) in [6, 6.07) is 4.08. The van der Waals surface area contributed by atoms with Gasteiger partial charge in [-0.15, -0.1) is 0 Å². The molecule has 1 aromatic heterocycles. The molecule has 14 heavy (non-hydrogen) atoms. The van der Waals surface area contributed by atoms with E-state index in [4.69, 9.17) is 4.74 Å². The van der Waals surface area contributed by atoms with E-state index in [1.54, 1.807) is 7.11 Å². The van der Waals surface area contributed by atoms with E-state index in [0.717, 1.165) is 0 Å². The highest BCUT2D eigenvalue weighted by Gasteiger charge is 2.15. The summed E-state index contributed by atoms with van der Waals surface area (Å²) in [7, 11) is 1.65. The quantitative estimate of drug-likeness (QED) is 0.715. The van der Waals surface area contributed by atoms with Crippen molar-refractivity contribution in [3.8, 4) is 5.88 Å². The van der Waals surface area contributed by atoms with E-state index < -0.39 is 0 Å². The van der Waals surface area contributed by atoms with Crippen molar-refractivity contribution in [2.24, 2.45) is 0 Å². The maximum absolute atomic E-state index is 5.04. The second-order valence-corrected chi connectivity index (χ2v) is 3.79. The van der Waals surface area contributed by atoms with E-state index >= 15 is 0 Å². The molecule has 1 saturated carbocycles. The van der Waals surface area contributed by atoms with E-state index in [9.17, 15) is 0 Å². The van der Waals surface area contributed by atoms with Crippen molar-refractivity contribution in [3.63, 3.8) is 0 Å². The van der Waals surface area contributed by atoms with Crippen molar-refractivity contribution in [1.82, 2.24) is 4.98 Å². The van der Waals surface area contributed by atoms with Crippen molar-refractivity contribution >= 4 is 0 Å². The van der Waals surface area contributed by atoms with Crippen LogP contribution in [0.5, 0.6) is 5.88 Å². The normalized spacial score (nSPS) is 18.1. The molecule has 0 spiro atoms. The number of methoxy groups -OCH3 is 1. The molecule has 0 aliphatic heterocycles. The van der Waals surface area contributed by atoms with Gasteiger partial charge in [-0.25, -0.2) is 4.98 Å². The molecule has 1 radical (unpaired) electrons. The Kier molecular flexibility index (Phi) is 3.02. The van der Waals surface area contributed by atoms with Gasteiger partial charge in [0.1, 0.15) is 0 Å². The van der Waals surface area contributed by atoms with Gasteiger partial charge in [0, 0.05) is 12.3 Å². The molecule has 1 heterocycles. The summed E-state index contributed by atoms with van der Waals surface area (Å²) >= 11 is 0. The van der Waals surface area contributed by atoms with E-state index in [2.05, 4.69) is 17.5 Å². The van der Waals surface area contributed by atoms with Crippen LogP contribution >= 0.6 is 0 Å². The average Bonchev–Trinajstić information content (AvgIpc) is 2.30. The predicted molar refractivity (Wildman–Crippen MR) is 56.3 cm³/mol. The Morgan fingerprint density at radius 2 is 2.36 bits per heavy atom. The van der Waals surface area contributed by atoms with Crippen LogP contribution in [0, 0.1) is 6.42 Å². The third-order valence-electron chi connectivity index (χ3n) is 2.85. The lowest BCUT2D eigenvalue weighted by Gasteiger charge is -2.21. The van der Waals surface area contributed by atoms with Gasteiger partial charge >= 0.3 is 0 Å². The van der Waals surface area contributed by atoms with Crippen LogP contribution in [-0.4, -0.2) is 12.1 Å². The molecule has 1 fully saturated rings. The van der Waals surface area contributed by atoms with Gasteiger partial charge < -0.3 is 4.74 Å². The van der Waals surface area contributed by atoms with Crippen LogP contribution in [0.25, 0.3) is 0 Å². The minimum Gasteiger partial charge on any atom is -0.481 e. The maximum Gasteiger partial charge on any atom is 0.212 e. The summed E-state index contributed by atoms with van der Waals surface area (Å²) in [5, 5.41) is 0. The van der Waals surface area contributed by atoms with Crippen LogP contribution in [0.3, 0.4) is 0 Å². The van der Waals surface area contributed by atoms with Crippen LogP contribution in [0.15, 0.2) is 18.3 Å². The van der Waals surface area contributed by atoms with Crippen LogP contribution in [-0.2, 0) is 0 Å². The first-order valence-electron chi connectivity index (χ1n) is 5.22. The number of hydrogen-bond acceptors (Lipinski definition) is 2. The fourth-order valence-electron chi connectivity index (χ4n) is 2.00. The van der Waals surface area contributed by atoms with Crippen LogP contribution in [0.2, 0.25) is 0 Å². The molecule has 2 nitrogen and oxygen atoms in total. The third-order valence-corrected chi connectivity index (χ3v) is 2.85. The van der Waals surface area contributed by atoms with E-state index in [1.807, 2.05) is 12.3 Å². The van der Waals surface area contributed by atoms with Gasteiger partial charge in [0.2, 0.25) is 5.88 Å². The lowest BCUT2D eigenvalue weighted by Crippen LogP contribution is -2.05. The van der Waals surface area contributed by atoms with Crippen LogP contribution in [0.4, 0.5) is 0 Å². The lowest BCUT2D eigenvalue weighted by atomic mass is 9.85. The molecule has 2 rings (SSSR count). The topological polar surface area (TPSA) is 22.1 Å². The zero-order valence-corrected chi connectivity index (χ0v) is 8.57. The fraction of sp³-hybridized carbons (Fsp3) is 0.500. The number of hydrogen-bond donors (Lipinski definition) is 0. The summed E-state index contributed by atoms with van der Waals surface area (Å²) in [5.41, 5.74) is 1.35. The van der Waals surface area contributed by atoms with Crippen molar-refractivity contribution in [1.29, 1.82) is 0 Å². The van der Waals surface area contributed by atoms with Crippen LogP contribution in [0.1, 0.15) is 37.2 Å². The lowest BCUT2D eigenvalue weighted by molar-refractivity contribution is 0.397. The summed E-state index contributed by atoms with van der Waals surface area (Å²) < 4.78 is 5.04. The highest BCUT2D eigenvalue weighted by molar-refractivity contribution is 5.22. The third kappa shape index (κ3) is 2.06. The molecule has 1 aromatic rings. The second-order valence-electron chi connectivity index (χ2n) is 3.79. The largest absolute Gasteiger partial charge is 0.481 e. The molecule has 1 unspecified atom stereocenters. The van der Waals surface area contributed by atoms with Gasteiger partial charge in [0.15, 0.2) is 0 Å². The molecule has 2 heteroatoms. The minimum absolute atomic E-state index is 0.683. The number of nitrogens with zero attached hydrogens (tertiary/aromatic N) is 1. The number of aromatic nitrogens is 1. The summed E-state index contributed by atoms with van der Waals surface area (Å²) in [5.74, 6) is 1.38. The molecule has 1 atom stereocenters.